The molecule has 0 aromatic rings. The van der Waals surface area contributed by atoms with Crippen molar-refractivity contribution in [2.75, 3.05) is 46.3 Å². The number of hydrogen-bond donors (Lipinski definition) is 1. The van der Waals surface area contributed by atoms with E-state index in [1.54, 1.807) is 0 Å². The van der Waals surface area contributed by atoms with Crippen molar-refractivity contribution in [3.05, 3.63) is 0 Å². The van der Waals surface area contributed by atoms with Gasteiger partial charge in [-0.2, -0.15) is 0 Å². The Kier molecular flexibility index (Phi) is 6.30. The molecule has 1 atom stereocenters. The fourth-order valence-electron chi connectivity index (χ4n) is 3.44. The largest absolute Gasteiger partial charge is 0.342 e. The van der Waals surface area contributed by atoms with Crippen LogP contribution in [0.5, 0.6) is 0 Å². The van der Waals surface area contributed by atoms with Crippen LogP contribution in [0.3, 0.4) is 0 Å². The summed E-state index contributed by atoms with van der Waals surface area (Å²) in [6.45, 7) is 8.81. The maximum absolute atomic E-state index is 12.1. The van der Waals surface area contributed by atoms with Gasteiger partial charge >= 0.3 is 0 Å². The SMILES string of the molecule is CNCCC(=O)N1CCCC(CN2CCC(C)CC2)C1. The Hall–Kier alpha value is -0.610. The minimum atomic E-state index is 0.330. The van der Waals surface area contributed by atoms with Gasteiger partial charge in [-0.05, 0) is 57.7 Å². The maximum Gasteiger partial charge on any atom is 0.223 e. The lowest BCUT2D eigenvalue weighted by Gasteiger charge is -2.38. The summed E-state index contributed by atoms with van der Waals surface area (Å²) in [6.07, 6.45) is 5.81. The number of nitrogens with one attached hydrogen (secondary N) is 1. The van der Waals surface area contributed by atoms with Gasteiger partial charge in [0.2, 0.25) is 5.91 Å². The van der Waals surface area contributed by atoms with Crippen molar-refractivity contribution in [2.45, 2.75) is 39.0 Å². The first-order chi connectivity index (χ1) is 9.69. The molecule has 0 spiro atoms. The van der Waals surface area contributed by atoms with E-state index >= 15 is 0 Å². The Morgan fingerprint density at radius 1 is 1.20 bits per heavy atom. The van der Waals surface area contributed by atoms with Crippen molar-refractivity contribution in [3.63, 3.8) is 0 Å². The van der Waals surface area contributed by atoms with Gasteiger partial charge in [0, 0.05) is 32.6 Å². The van der Waals surface area contributed by atoms with E-state index in [1.165, 1.54) is 45.3 Å². The fourth-order valence-corrected chi connectivity index (χ4v) is 3.44. The van der Waals surface area contributed by atoms with Gasteiger partial charge in [-0.15, -0.1) is 0 Å². The van der Waals surface area contributed by atoms with Crippen molar-refractivity contribution in [1.29, 1.82) is 0 Å². The van der Waals surface area contributed by atoms with E-state index in [2.05, 4.69) is 22.0 Å². The summed E-state index contributed by atoms with van der Waals surface area (Å²) in [7, 11) is 1.91. The Bertz CT molecular complexity index is 300. The minimum absolute atomic E-state index is 0.330. The molecule has 4 nitrogen and oxygen atoms in total. The molecule has 0 saturated carbocycles. The van der Waals surface area contributed by atoms with Crippen molar-refractivity contribution in [2.24, 2.45) is 11.8 Å². The van der Waals surface area contributed by atoms with Gasteiger partial charge in [0.25, 0.3) is 0 Å². The number of hydrogen-bond acceptors (Lipinski definition) is 3. The molecule has 0 bridgehead atoms. The summed E-state index contributed by atoms with van der Waals surface area (Å²) < 4.78 is 0. The fraction of sp³-hybridized carbons (Fsp3) is 0.938. The average Bonchev–Trinajstić information content (AvgIpc) is 2.47. The molecule has 2 aliphatic heterocycles. The van der Waals surface area contributed by atoms with E-state index in [0.29, 0.717) is 18.2 Å². The van der Waals surface area contributed by atoms with Gasteiger partial charge in [0.05, 0.1) is 0 Å². The predicted octanol–water partition coefficient (Wildman–Crippen LogP) is 1.57. The van der Waals surface area contributed by atoms with Crippen LogP contribution in [0.15, 0.2) is 0 Å². The first-order valence-corrected chi connectivity index (χ1v) is 8.33. The Morgan fingerprint density at radius 3 is 2.65 bits per heavy atom. The minimum Gasteiger partial charge on any atom is -0.342 e. The molecule has 2 heterocycles. The highest BCUT2D eigenvalue weighted by Crippen LogP contribution is 2.22. The van der Waals surface area contributed by atoms with Gasteiger partial charge in [-0.3, -0.25) is 4.79 Å². The molecule has 2 fully saturated rings. The number of carbonyl (C=O) groups excluding carboxylic acids is 1. The monoisotopic (exact) mass is 281 g/mol. The lowest BCUT2D eigenvalue weighted by molar-refractivity contribution is -0.133. The molecule has 2 aliphatic rings. The zero-order valence-corrected chi connectivity index (χ0v) is 13.2. The van der Waals surface area contributed by atoms with E-state index in [4.69, 9.17) is 0 Å². The normalized spacial score (nSPS) is 25.9. The van der Waals surface area contributed by atoms with Gasteiger partial charge in [-0.1, -0.05) is 6.92 Å². The Balaban J connectivity index is 1.74. The van der Waals surface area contributed by atoms with Crippen molar-refractivity contribution in [3.8, 4) is 0 Å². The van der Waals surface area contributed by atoms with Crippen LogP contribution in [-0.2, 0) is 4.79 Å². The number of amides is 1. The molecule has 20 heavy (non-hydrogen) atoms. The molecular weight excluding hydrogens is 250 g/mol. The summed E-state index contributed by atoms with van der Waals surface area (Å²) in [5, 5.41) is 3.06. The number of nitrogens with zero attached hydrogens (tertiary/aromatic N) is 2. The number of likely N-dealkylation sites (tertiary alicyclic amines) is 2. The lowest BCUT2D eigenvalue weighted by Crippen LogP contribution is -2.45. The van der Waals surface area contributed by atoms with Crippen LogP contribution < -0.4 is 5.32 Å². The second kappa shape index (κ2) is 7.99. The molecule has 0 aromatic carbocycles. The Morgan fingerprint density at radius 2 is 1.95 bits per heavy atom. The molecule has 116 valence electrons. The third kappa shape index (κ3) is 4.74. The van der Waals surface area contributed by atoms with E-state index in [1.807, 2.05) is 7.05 Å². The summed E-state index contributed by atoms with van der Waals surface area (Å²) in [5.74, 6) is 1.92. The number of piperidine rings is 2. The highest BCUT2D eigenvalue weighted by molar-refractivity contribution is 5.76. The molecule has 0 radical (unpaired) electrons. The second-order valence-electron chi connectivity index (χ2n) is 6.68. The Labute approximate surface area is 123 Å². The molecule has 0 aromatic heterocycles. The molecule has 2 rings (SSSR count). The molecule has 0 aliphatic carbocycles. The number of carbonyl (C=O) groups is 1. The van der Waals surface area contributed by atoms with Crippen LogP contribution in [-0.4, -0.2) is 62.0 Å². The zero-order valence-electron chi connectivity index (χ0n) is 13.2. The molecule has 1 unspecified atom stereocenters. The summed E-state index contributed by atoms with van der Waals surface area (Å²) in [6, 6.07) is 0. The second-order valence-corrected chi connectivity index (χ2v) is 6.68. The number of rotatable bonds is 5. The molecule has 2 saturated heterocycles. The van der Waals surface area contributed by atoms with Gasteiger partial charge in [0.1, 0.15) is 0 Å². The van der Waals surface area contributed by atoms with Crippen LogP contribution >= 0.6 is 0 Å². The third-order valence-electron chi connectivity index (χ3n) is 4.85. The summed E-state index contributed by atoms with van der Waals surface area (Å²) >= 11 is 0. The van der Waals surface area contributed by atoms with Crippen LogP contribution in [0.2, 0.25) is 0 Å². The quantitative estimate of drug-likeness (QED) is 0.831. The van der Waals surface area contributed by atoms with E-state index in [-0.39, 0.29) is 0 Å². The van der Waals surface area contributed by atoms with E-state index in [0.717, 1.165) is 25.6 Å². The molecular formula is C16H31N3O. The van der Waals surface area contributed by atoms with Gasteiger partial charge in [0.15, 0.2) is 0 Å². The maximum atomic E-state index is 12.1. The lowest BCUT2D eigenvalue weighted by atomic mass is 9.94. The van der Waals surface area contributed by atoms with Crippen molar-refractivity contribution < 1.29 is 4.79 Å². The van der Waals surface area contributed by atoms with Crippen LogP contribution in [0.4, 0.5) is 0 Å². The molecule has 4 heteroatoms. The predicted molar refractivity (Wildman–Crippen MR) is 82.7 cm³/mol. The first kappa shape index (κ1) is 15.8. The van der Waals surface area contributed by atoms with E-state index < -0.39 is 0 Å². The smallest absolute Gasteiger partial charge is 0.223 e. The first-order valence-electron chi connectivity index (χ1n) is 8.33. The van der Waals surface area contributed by atoms with Gasteiger partial charge in [-0.25, -0.2) is 0 Å². The summed E-state index contributed by atoms with van der Waals surface area (Å²) in [4.78, 5) is 16.8. The van der Waals surface area contributed by atoms with E-state index in [9.17, 15) is 4.79 Å². The van der Waals surface area contributed by atoms with Crippen molar-refractivity contribution >= 4 is 5.91 Å². The molecule has 1 amide bonds. The third-order valence-corrected chi connectivity index (χ3v) is 4.85. The zero-order chi connectivity index (χ0) is 14.4. The van der Waals surface area contributed by atoms with Crippen LogP contribution in [0, 0.1) is 11.8 Å². The van der Waals surface area contributed by atoms with Crippen LogP contribution in [0.1, 0.15) is 39.0 Å². The topological polar surface area (TPSA) is 35.6 Å². The van der Waals surface area contributed by atoms with Crippen molar-refractivity contribution in [1.82, 2.24) is 15.1 Å². The average molecular weight is 281 g/mol. The molecule has 1 N–H and O–H groups in total. The standard InChI is InChI=1S/C16H31N3O/c1-14-6-10-18(11-7-14)12-15-4-3-9-19(13-15)16(20)5-8-17-2/h14-15,17H,3-13H2,1-2H3. The highest BCUT2D eigenvalue weighted by Gasteiger charge is 2.26. The van der Waals surface area contributed by atoms with Crippen LogP contribution in [0.25, 0.3) is 0 Å². The van der Waals surface area contributed by atoms with Gasteiger partial charge < -0.3 is 15.1 Å². The highest BCUT2D eigenvalue weighted by atomic mass is 16.2. The summed E-state index contributed by atoms with van der Waals surface area (Å²) in [5.41, 5.74) is 0.